The Balaban J connectivity index is 1.30. The minimum atomic E-state index is -0.309. The van der Waals surface area contributed by atoms with Crippen molar-refractivity contribution in [3.05, 3.63) is 60.2 Å². The van der Waals surface area contributed by atoms with Crippen molar-refractivity contribution < 1.29 is 9.59 Å². The summed E-state index contributed by atoms with van der Waals surface area (Å²) in [5.74, 6) is 0.550. The molecule has 144 valence electrons. The van der Waals surface area contributed by atoms with E-state index in [-0.39, 0.29) is 24.2 Å². The maximum absolute atomic E-state index is 12.5. The van der Waals surface area contributed by atoms with Crippen LogP contribution < -0.4 is 5.32 Å². The molecule has 2 amide bonds. The van der Waals surface area contributed by atoms with Crippen molar-refractivity contribution >= 4 is 22.8 Å². The lowest BCUT2D eigenvalue weighted by atomic mass is 10.1. The number of carbonyl (C=O) groups excluding carboxylic acids is 2. The first-order chi connectivity index (χ1) is 13.6. The highest BCUT2D eigenvalue weighted by Crippen LogP contribution is 2.20. The smallest absolute Gasteiger partial charge is 0.225 e. The van der Waals surface area contributed by atoms with Gasteiger partial charge in [0.1, 0.15) is 5.82 Å². The lowest BCUT2D eigenvalue weighted by Gasteiger charge is -2.16. The number of likely N-dealkylation sites (tertiary alicyclic amines) is 1. The van der Waals surface area contributed by atoms with E-state index in [1.165, 1.54) is 0 Å². The molecular weight excluding hydrogens is 354 g/mol. The second kappa shape index (κ2) is 7.80. The number of pyridine rings is 1. The summed E-state index contributed by atoms with van der Waals surface area (Å²) in [5, 5.41) is 2.96. The Labute approximate surface area is 163 Å². The summed E-state index contributed by atoms with van der Waals surface area (Å²) in [7, 11) is 1.98. The molecule has 1 N–H and O–H groups in total. The van der Waals surface area contributed by atoms with Crippen LogP contribution in [0.4, 0.5) is 0 Å². The van der Waals surface area contributed by atoms with Gasteiger partial charge in [0, 0.05) is 39.2 Å². The zero-order valence-electron chi connectivity index (χ0n) is 15.8. The molecule has 1 saturated heterocycles. The number of aromatic nitrogens is 3. The lowest BCUT2D eigenvalue weighted by molar-refractivity contribution is -0.129. The number of rotatable bonds is 6. The monoisotopic (exact) mass is 377 g/mol. The van der Waals surface area contributed by atoms with Gasteiger partial charge in [-0.15, -0.1) is 0 Å². The van der Waals surface area contributed by atoms with E-state index in [9.17, 15) is 9.59 Å². The average Bonchev–Trinajstić information content (AvgIpc) is 3.23. The van der Waals surface area contributed by atoms with Gasteiger partial charge >= 0.3 is 0 Å². The van der Waals surface area contributed by atoms with Crippen LogP contribution in [-0.2, 0) is 29.6 Å². The number of aryl methyl sites for hydroxylation is 1. The molecule has 0 radical (unpaired) electrons. The van der Waals surface area contributed by atoms with Crippen LogP contribution in [0.2, 0.25) is 0 Å². The van der Waals surface area contributed by atoms with E-state index in [4.69, 9.17) is 0 Å². The normalized spacial score (nSPS) is 16.7. The van der Waals surface area contributed by atoms with Gasteiger partial charge in [0.25, 0.3) is 0 Å². The fourth-order valence-electron chi connectivity index (χ4n) is 3.65. The number of fused-ring (bicyclic) bond motifs is 1. The van der Waals surface area contributed by atoms with Crippen LogP contribution >= 0.6 is 0 Å². The highest BCUT2D eigenvalue weighted by molar-refractivity contribution is 5.89. The van der Waals surface area contributed by atoms with Gasteiger partial charge in [0.2, 0.25) is 11.8 Å². The van der Waals surface area contributed by atoms with E-state index < -0.39 is 0 Å². The number of nitrogens with zero attached hydrogens (tertiary/aromatic N) is 4. The first kappa shape index (κ1) is 18.2. The van der Waals surface area contributed by atoms with E-state index in [2.05, 4.69) is 19.9 Å². The summed E-state index contributed by atoms with van der Waals surface area (Å²) in [6, 6.07) is 13.6. The van der Waals surface area contributed by atoms with Gasteiger partial charge in [-0.05, 0) is 24.3 Å². The molecule has 0 unspecified atom stereocenters. The van der Waals surface area contributed by atoms with E-state index in [1.54, 1.807) is 11.1 Å². The molecule has 28 heavy (non-hydrogen) atoms. The van der Waals surface area contributed by atoms with Gasteiger partial charge in [-0.25, -0.2) is 4.98 Å². The second-order valence-corrected chi connectivity index (χ2v) is 7.11. The largest absolute Gasteiger partial charge is 0.355 e. The summed E-state index contributed by atoms with van der Waals surface area (Å²) in [6.45, 7) is 1.39. The van der Waals surface area contributed by atoms with Gasteiger partial charge in [-0.3, -0.25) is 14.6 Å². The van der Waals surface area contributed by atoms with E-state index >= 15 is 0 Å². The van der Waals surface area contributed by atoms with Crippen molar-refractivity contribution in [1.82, 2.24) is 24.8 Å². The van der Waals surface area contributed by atoms with Crippen LogP contribution in [0.25, 0.3) is 11.0 Å². The maximum atomic E-state index is 12.5. The first-order valence-electron chi connectivity index (χ1n) is 9.47. The Morgan fingerprint density at radius 1 is 1.21 bits per heavy atom. The molecule has 7 heteroatoms. The molecule has 1 atom stereocenters. The number of nitrogens with one attached hydrogen (secondary N) is 1. The number of para-hydroxylation sites is 2. The summed E-state index contributed by atoms with van der Waals surface area (Å²) >= 11 is 0. The second-order valence-electron chi connectivity index (χ2n) is 7.11. The molecule has 1 aliphatic heterocycles. The van der Waals surface area contributed by atoms with Crippen molar-refractivity contribution in [2.45, 2.75) is 19.4 Å². The maximum Gasteiger partial charge on any atom is 0.225 e. The zero-order chi connectivity index (χ0) is 19.5. The number of benzene rings is 1. The number of hydrogen-bond acceptors (Lipinski definition) is 4. The Bertz CT molecular complexity index is 998. The third-order valence-corrected chi connectivity index (χ3v) is 5.19. The van der Waals surface area contributed by atoms with Gasteiger partial charge in [-0.2, -0.15) is 0 Å². The molecule has 2 aromatic heterocycles. The molecule has 1 fully saturated rings. The molecule has 0 saturated carbocycles. The minimum absolute atomic E-state index is 0.00107. The zero-order valence-corrected chi connectivity index (χ0v) is 15.8. The van der Waals surface area contributed by atoms with Crippen molar-refractivity contribution in [3.8, 4) is 0 Å². The predicted molar refractivity (Wildman–Crippen MR) is 105 cm³/mol. The van der Waals surface area contributed by atoms with Gasteiger partial charge in [0.15, 0.2) is 0 Å². The van der Waals surface area contributed by atoms with Crippen LogP contribution in [0, 0.1) is 5.92 Å². The van der Waals surface area contributed by atoms with Crippen LogP contribution in [0.5, 0.6) is 0 Å². The lowest BCUT2D eigenvalue weighted by Crippen LogP contribution is -2.34. The molecule has 1 aromatic carbocycles. The highest BCUT2D eigenvalue weighted by Gasteiger charge is 2.34. The molecule has 0 spiro atoms. The minimum Gasteiger partial charge on any atom is -0.355 e. The van der Waals surface area contributed by atoms with E-state index in [0.717, 1.165) is 22.6 Å². The Hall–Kier alpha value is -3.22. The van der Waals surface area contributed by atoms with Crippen molar-refractivity contribution in [2.75, 3.05) is 13.1 Å². The van der Waals surface area contributed by atoms with Gasteiger partial charge in [0.05, 0.1) is 29.2 Å². The number of hydrogen-bond donors (Lipinski definition) is 1. The number of amides is 2. The van der Waals surface area contributed by atoms with Crippen molar-refractivity contribution in [2.24, 2.45) is 13.0 Å². The average molecular weight is 377 g/mol. The van der Waals surface area contributed by atoms with Crippen molar-refractivity contribution in [1.29, 1.82) is 0 Å². The fourth-order valence-corrected chi connectivity index (χ4v) is 3.65. The van der Waals surface area contributed by atoms with Crippen LogP contribution in [-0.4, -0.2) is 44.3 Å². The number of imidazole rings is 1. The predicted octanol–water partition coefficient (Wildman–Crippen LogP) is 1.68. The fraction of sp³-hybridized carbons (Fsp3) is 0.333. The summed E-state index contributed by atoms with van der Waals surface area (Å²) in [6.07, 6.45) is 2.61. The summed E-state index contributed by atoms with van der Waals surface area (Å²) in [5.41, 5.74) is 2.87. The highest BCUT2D eigenvalue weighted by atomic mass is 16.2. The molecule has 3 aromatic rings. The molecular formula is C21H23N5O2. The number of carbonyl (C=O) groups is 2. The Morgan fingerprint density at radius 2 is 2.04 bits per heavy atom. The molecule has 0 bridgehead atoms. The van der Waals surface area contributed by atoms with Crippen LogP contribution in [0.15, 0.2) is 48.7 Å². The molecule has 1 aliphatic rings. The Morgan fingerprint density at radius 3 is 2.82 bits per heavy atom. The third kappa shape index (κ3) is 3.74. The standard InChI is InChI=1S/C21H23N5O2/c1-25-18-8-3-2-7-17(18)24-19(25)9-11-23-21(28)15-12-20(27)26(13-15)14-16-6-4-5-10-22-16/h2-8,10,15H,9,11-14H2,1H3,(H,23,28)/t15-/m0/s1. The third-order valence-electron chi connectivity index (χ3n) is 5.19. The molecule has 7 nitrogen and oxygen atoms in total. The van der Waals surface area contributed by atoms with Gasteiger partial charge in [-0.1, -0.05) is 18.2 Å². The Kier molecular flexibility index (Phi) is 5.06. The van der Waals surface area contributed by atoms with Crippen molar-refractivity contribution in [3.63, 3.8) is 0 Å². The molecule has 4 rings (SSSR count). The van der Waals surface area contributed by atoms with E-state index in [1.807, 2.05) is 49.5 Å². The summed E-state index contributed by atoms with van der Waals surface area (Å²) < 4.78 is 2.05. The summed E-state index contributed by atoms with van der Waals surface area (Å²) in [4.78, 5) is 35.3. The topological polar surface area (TPSA) is 80.1 Å². The quantitative estimate of drug-likeness (QED) is 0.709. The first-order valence-corrected chi connectivity index (χ1v) is 9.47. The van der Waals surface area contributed by atoms with E-state index in [0.29, 0.717) is 26.1 Å². The van der Waals surface area contributed by atoms with Gasteiger partial charge < -0.3 is 14.8 Å². The SMILES string of the molecule is Cn1c(CCNC(=O)[C@H]2CC(=O)N(Cc3ccccn3)C2)nc2ccccc21. The van der Waals surface area contributed by atoms with Crippen LogP contribution in [0.3, 0.4) is 0 Å². The molecule has 3 heterocycles. The molecule has 0 aliphatic carbocycles. The van der Waals surface area contributed by atoms with Crippen LogP contribution in [0.1, 0.15) is 17.9 Å².